The number of amides is 2. The normalized spacial score (nSPS) is 17.9. The molecule has 7 heteroatoms. The average molecular weight is 386 g/mol. The fraction of sp³-hybridized carbons (Fsp3) is 0.500. The molecule has 0 aliphatic carbocycles. The van der Waals surface area contributed by atoms with Gasteiger partial charge in [0.05, 0.1) is 17.1 Å². The summed E-state index contributed by atoms with van der Waals surface area (Å²) in [5, 5.41) is 6.30. The van der Waals surface area contributed by atoms with Gasteiger partial charge in [-0.3, -0.25) is 0 Å². The second-order valence-electron chi connectivity index (χ2n) is 7.24. The number of hydrogen-bond acceptors (Lipinski definition) is 5. The number of hydrogen-bond donors (Lipinski definition) is 1. The molecule has 1 N–H and O–H groups in total. The van der Waals surface area contributed by atoms with Crippen LogP contribution in [0.4, 0.5) is 21.3 Å². The Labute approximate surface area is 164 Å². The maximum absolute atomic E-state index is 12.9. The molecule has 2 aliphatic heterocycles. The van der Waals surface area contributed by atoms with E-state index in [9.17, 15) is 4.79 Å². The fourth-order valence-electron chi connectivity index (χ4n) is 3.81. The molecule has 0 bridgehead atoms. The number of aryl methyl sites for hydroxylation is 1. The molecule has 1 aromatic carbocycles. The summed E-state index contributed by atoms with van der Waals surface area (Å²) in [4.78, 5) is 24.1. The molecule has 0 radical (unpaired) electrons. The molecule has 2 aromatic rings. The van der Waals surface area contributed by atoms with E-state index in [4.69, 9.17) is 0 Å². The van der Waals surface area contributed by atoms with Crippen LogP contribution < -0.4 is 15.1 Å². The van der Waals surface area contributed by atoms with Gasteiger partial charge in [-0.15, -0.1) is 11.3 Å². The summed E-state index contributed by atoms with van der Waals surface area (Å²) in [6, 6.07) is 8.15. The SMILES string of the molecule is Cc1csc(N2CCCN(C(=O)Nc3ccccc3N3CCCC3)CC2)n1. The number of para-hydroxylation sites is 2. The molecular weight excluding hydrogens is 358 g/mol. The van der Waals surface area contributed by atoms with Gasteiger partial charge in [0.1, 0.15) is 0 Å². The Balaban J connectivity index is 1.40. The number of thiazole rings is 1. The van der Waals surface area contributed by atoms with Crippen molar-refractivity contribution in [2.45, 2.75) is 26.2 Å². The van der Waals surface area contributed by atoms with Gasteiger partial charge in [0.2, 0.25) is 0 Å². The van der Waals surface area contributed by atoms with Crippen molar-refractivity contribution < 1.29 is 4.79 Å². The third kappa shape index (κ3) is 4.18. The van der Waals surface area contributed by atoms with Gasteiger partial charge in [0.25, 0.3) is 0 Å². The molecule has 2 saturated heterocycles. The molecule has 4 rings (SSSR count). The van der Waals surface area contributed by atoms with Gasteiger partial charge in [-0.25, -0.2) is 9.78 Å². The van der Waals surface area contributed by atoms with Crippen molar-refractivity contribution in [2.75, 3.05) is 54.4 Å². The van der Waals surface area contributed by atoms with Crippen molar-refractivity contribution >= 4 is 33.9 Å². The van der Waals surface area contributed by atoms with Gasteiger partial charge in [-0.2, -0.15) is 0 Å². The molecule has 0 unspecified atom stereocenters. The number of aromatic nitrogens is 1. The van der Waals surface area contributed by atoms with Crippen LogP contribution in [0.3, 0.4) is 0 Å². The monoisotopic (exact) mass is 385 g/mol. The van der Waals surface area contributed by atoms with E-state index in [2.05, 4.69) is 31.5 Å². The van der Waals surface area contributed by atoms with Gasteiger partial charge in [0, 0.05) is 44.6 Å². The zero-order chi connectivity index (χ0) is 18.6. The smallest absolute Gasteiger partial charge is 0.321 e. The maximum Gasteiger partial charge on any atom is 0.321 e. The quantitative estimate of drug-likeness (QED) is 0.873. The van der Waals surface area contributed by atoms with Crippen LogP contribution in [-0.2, 0) is 0 Å². The van der Waals surface area contributed by atoms with Gasteiger partial charge in [0.15, 0.2) is 5.13 Å². The molecule has 144 valence electrons. The summed E-state index contributed by atoms with van der Waals surface area (Å²) < 4.78 is 0. The lowest BCUT2D eigenvalue weighted by atomic mass is 10.2. The second-order valence-corrected chi connectivity index (χ2v) is 8.08. The number of carbonyl (C=O) groups excluding carboxylic acids is 1. The minimum absolute atomic E-state index is 0.00110. The van der Waals surface area contributed by atoms with E-state index in [1.807, 2.05) is 30.0 Å². The van der Waals surface area contributed by atoms with Crippen molar-refractivity contribution in [3.05, 3.63) is 35.3 Å². The Morgan fingerprint density at radius 1 is 1.00 bits per heavy atom. The van der Waals surface area contributed by atoms with Crippen molar-refractivity contribution in [2.24, 2.45) is 0 Å². The van der Waals surface area contributed by atoms with Gasteiger partial charge in [-0.05, 0) is 38.3 Å². The van der Waals surface area contributed by atoms with Crippen LogP contribution >= 0.6 is 11.3 Å². The third-order valence-electron chi connectivity index (χ3n) is 5.25. The summed E-state index contributed by atoms with van der Waals surface area (Å²) in [6.45, 7) is 7.43. The number of benzene rings is 1. The number of anilines is 3. The van der Waals surface area contributed by atoms with Crippen LogP contribution in [-0.4, -0.2) is 55.2 Å². The van der Waals surface area contributed by atoms with Crippen LogP contribution in [0.5, 0.6) is 0 Å². The van der Waals surface area contributed by atoms with E-state index in [1.54, 1.807) is 11.3 Å². The van der Waals surface area contributed by atoms with Crippen LogP contribution in [0.1, 0.15) is 25.0 Å². The topological polar surface area (TPSA) is 51.7 Å². The van der Waals surface area contributed by atoms with E-state index in [0.717, 1.165) is 67.9 Å². The lowest BCUT2D eigenvalue weighted by Gasteiger charge is -2.25. The highest BCUT2D eigenvalue weighted by Gasteiger charge is 2.22. The summed E-state index contributed by atoms with van der Waals surface area (Å²) in [7, 11) is 0. The lowest BCUT2D eigenvalue weighted by molar-refractivity contribution is 0.215. The Bertz CT molecular complexity index is 786. The summed E-state index contributed by atoms with van der Waals surface area (Å²) in [6.07, 6.45) is 3.40. The Hall–Kier alpha value is -2.28. The highest BCUT2D eigenvalue weighted by Crippen LogP contribution is 2.29. The Morgan fingerprint density at radius 3 is 2.56 bits per heavy atom. The first kappa shape index (κ1) is 18.1. The molecule has 0 spiro atoms. The van der Waals surface area contributed by atoms with E-state index in [1.165, 1.54) is 12.8 Å². The summed E-state index contributed by atoms with van der Waals surface area (Å²) in [5.41, 5.74) is 3.12. The zero-order valence-corrected chi connectivity index (χ0v) is 16.7. The van der Waals surface area contributed by atoms with Crippen molar-refractivity contribution in [3.63, 3.8) is 0 Å². The molecule has 27 heavy (non-hydrogen) atoms. The molecule has 0 saturated carbocycles. The number of rotatable bonds is 3. The number of urea groups is 1. The average Bonchev–Trinajstić information content (AvgIpc) is 3.29. The van der Waals surface area contributed by atoms with Crippen LogP contribution in [0.2, 0.25) is 0 Å². The van der Waals surface area contributed by atoms with E-state index < -0.39 is 0 Å². The number of nitrogens with one attached hydrogen (secondary N) is 1. The molecular formula is C20H27N5OS. The Kier molecular flexibility index (Phi) is 5.48. The highest BCUT2D eigenvalue weighted by atomic mass is 32.1. The molecule has 2 amide bonds. The Morgan fingerprint density at radius 2 is 1.78 bits per heavy atom. The van der Waals surface area contributed by atoms with E-state index in [-0.39, 0.29) is 6.03 Å². The largest absolute Gasteiger partial charge is 0.370 e. The van der Waals surface area contributed by atoms with Gasteiger partial charge >= 0.3 is 6.03 Å². The van der Waals surface area contributed by atoms with Gasteiger partial charge < -0.3 is 20.0 Å². The molecule has 0 atom stereocenters. The standard InChI is InChI=1S/C20H27N5OS/c1-16-15-27-20(21-16)25-12-6-11-24(13-14-25)19(26)22-17-7-2-3-8-18(17)23-9-4-5-10-23/h2-3,7-8,15H,4-6,9-14H2,1H3,(H,22,26). The van der Waals surface area contributed by atoms with Gasteiger partial charge in [-0.1, -0.05) is 12.1 Å². The van der Waals surface area contributed by atoms with Crippen LogP contribution in [0.25, 0.3) is 0 Å². The number of carbonyl (C=O) groups is 1. The summed E-state index contributed by atoms with van der Waals surface area (Å²) in [5.74, 6) is 0. The van der Waals surface area contributed by atoms with Crippen molar-refractivity contribution in [1.82, 2.24) is 9.88 Å². The minimum atomic E-state index is -0.00110. The van der Waals surface area contributed by atoms with Crippen LogP contribution in [0.15, 0.2) is 29.6 Å². The predicted molar refractivity (Wildman–Crippen MR) is 112 cm³/mol. The summed E-state index contributed by atoms with van der Waals surface area (Å²) >= 11 is 1.68. The van der Waals surface area contributed by atoms with E-state index >= 15 is 0 Å². The molecule has 2 fully saturated rings. The zero-order valence-electron chi connectivity index (χ0n) is 15.9. The second kappa shape index (κ2) is 8.17. The first-order chi connectivity index (χ1) is 13.2. The molecule has 3 heterocycles. The fourth-order valence-corrected chi connectivity index (χ4v) is 4.66. The highest BCUT2D eigenvalue weighted by molar-refractivity contribution is 7.13. The first-order valence-electron chi connectivity index (χ1n) is 9.78. The van der Waals surface area contributed by atoms with Crippen molar-refractivity contribution in [3.8, 4) is 0 Å². The first-order valence-corrected chi connectivity index (χ1v) is 10.7. The van der Waals surface area contributed by atoms with E-state index in [0.29, 0.717) is 0 Å². The maximum atomic E-state index is 12.9. The molecule has 1 aromatic heterocycles. The third-order valence-corrected chi connectivity index (χ3v) is 6.27. The molecule has 2 aliphatic rings. The predicted octanol–water partition coefficient (Wildman–Crippen LogP) is 3.80. The number of nitrogens with zero attached hydrogens (tertiary/aromatic N) is 4. The minimum Gasteiger partial charge on any atom is -0.370 e. The van der Waals surface area contributed by atoms with Crippen molar-refractivity contribution in [1.29, 1.82) is 0 Å². The molecule has 6 nitrogen and oxygen atoms in total. The lowest BCUT2D eigenvalue weighted by Crippen LogP contribution is -2.38. The van der Waals surface area contributed by atoms with Crippen LogP contribution in [0, 0.1) is 6.92 Å².